The fraction of sp³-hybridized carbons (Fsp3) is 0. The topological polar surface area (TPSA) is 0 Å². The van der Waals surface area contributed by atoms with Crippen molar-refractivity contribution < 1.29 is 0 Å². The molecule has 0 aliphatic heterocycles. The molecule has 0 aromatic heterocycles. The fourth-order valence-corrected chi connectivity index (χ4v) is 5.53. The highest BCUT2D eigenvalue weighted by molar-refractivity contribution is 6.11. The van der Waals surface area contributed by atoms with Gasteiger partial charge in [-0.05, 0) is 77.5 Å². The third-order valence-electron chi connectivity index (χ3n) is 7.45. The molecule has 0 saturated heterocycles. The lowest BCUT2D eigenvalue weighted by Gasteiger charge is -2.08. The zero-order chi connectivity index (χ0) is 25.3. The molecule has 7 rings (SSSR count). The highest BCUT2D eigenvalue weighted by atomic mass is 14.1. The van der Waals surface area contributed by atoms with E-state index in [9.17, 15) is 0 Å². The molecule has 0 spiro atoms. The Hall–Kier alpha value is -4.94. The maximum absolute atomic E-state index is 2.29. The van der Waals surface area contributed by atoms with Gasteiger partial charge in [0.1, 0.15) is 0 Å². The molecule has 0 nitrogen and oxygen atoms in total. The van der Waals surface area contributed by atoms with Gasteiger partial charge < -0.3 is 0 Å². The van der Waals surface area contributed by atoms with Crippen LogP contribution in [0.5, 0.6) is 0 Å². The zero-order valence-corrected chi connectivity index (χ0v) is 21.0. The molecule has 0 radical (unpaired) electrons. The number of hydrogen-bond acceptors (Lipinski definition) is 0. The third kappa shape index (κ3) is 4.07. The van der Waals surface area contributed by atoms with Crippen LogP contribution in [0.3, 0.4) is 0 Å². The first-order valence-corrected chi connectivity index (χ1v) is 13.1. The Morgan fingerprint density at radius 1 is 0.316 bits per heavy atom. The van der Waals surface area contributed by atoms with Gasteiger partial charge in [-0.1, -0.05) is 146 Å². The summed E-state index contributed by atoms with van der Waals surface area (Å²) in [4.78, 5) is 0. The van der Waals surface area contributed by atoms with Gasteiger partial charge in [-0.3, -0.25) is 0 Å². The van der Waals surface area contributed by atoms with Crippen molar-refractivity contribution in [3.8, 4) is 0 Å². The van der Waals surface area contributed by atoms with Crippen molar-refractivity contribution in [2.24, 2.45) is 0 Å². The predicted molar refractivity (Wildman–Crippen MR) is 167 cm³/mol. The molecule has 0 heterocycles. The van der Waals surface area contributed by atoms with E-state index in [1.165, 1.54) is 65.3 Å². The summed E-state index contributed by atoms with van der Waals surface area (Å²) in [6, 6.07) is 47.9. The first-order chi connectivity index (χ1) is 18.8. The summed E-state index contributed by atoms with van der Waals surface area (Å²) in [5, 5.41) is 10.3. The van der Waals surface area contributed by atoms with Gasteiger partial charge in [-0.2, -0.15) is 0 Å². The maximum atomic E-state index is 2.29. The van der Waals surface area contributed by atoms with Crippen LogP contribution in [-0.2, 0) is 0 Å². The highest BCUT2D eigenvalue weighted by Crippen LogP contribution is 2.31. The molecular weight excluding hydrogens is 456 g/mol. The Morgan fingerprint density at radius 2 is 0.763 bits per heavy atom. The zero-order valence-electron chi connectivity index (χ0n) is 21.0. The molecule has 0 atom stereocenters. The summed E-state index contributed by atoms with van der Waals surface area (Å²) in [6.45, 7) is 0. The van der Waals surface area contributed by atoms with Gasteiger partial charge in [0.05, 0.1) is 0 Å². The van der Waals surface area contributed by atoms with E-state index in [1.807, 2.05) is 0 Å². The van der Waals surface area contributed by atoms with Crippen molar-refractivity contribution in [2.75, 3.05) is 0 Å². The molecule has 7 aromatic carbocycles. The first-order valence-electron chi connectivity index (χ1n) is 13.1. The normalized spacial score (nSPS) is 12.0. The van der Waals surface area contributed by atoms with Crippen molar-refractivity contribution in [3.63, 3.8) is 0 Å². The van der Waals surface area contributed by atoms with Crippen LogP contribution in [0.2, 0.25) is 0 Å². The van der Waals surface area contributed by atoms with Gasteiger partial charge in [-0.15, -0.1) is 0 Å². The maximum Gasteiger partial charge on any atom is -0.00992 e. The molecule has 0 heteroatoms. The molecular formula is C38H26. The van der Waals surface area contributed by atoms with Crippen LogP contribution in [0.15, 0.2) is 133 Å². The molecule has 178 valence electrons. The van der Waals surface area contributed by atoms with E-state index in [4.69, 9.17) is 0 Å². The first kappa shape index (κ1) is 22.3. The summed E-state index contributed by atoms with van der Waals surface area (Å²) in [5.74, 6) is 0. The van der Waals surface area contributed by atoms with Crippen LogP contribution >= 0.6 is 0 Å². The van der Waals surface area contributed by atoms with Crippen molar-refractivity contribution in [3.05, 3.63) is 156 Å². The summed E-state index contributed by atoms with van der Waals surface area (Å²) < 4.78 is 0. The number of fused-ring (bicyclic) bond motifs is 5. The van der Waals surface area contributed by atoms with Crippen LogP contribution < -0.4 is 0 Å². The van der Waals surface area contributed by atoms with E-state index >= 15 is 0 Å². The van der Waals surface area contributed by atoms with Gasteiger partial charge in [0.2, 0.25) is 0 Å². The number of rotatable bonds is 4. The van der Waals surface area contributed by atoms with Gasteiger partial charge in [0.15, 0.2) is 0 Å². The van der Waals surface area contributed by atoms with Crippen molar-refractivity contribution >= 4 is 67.4 Å². The van der Waals surface area contributed by atoms with E-state index in [0.29, 0.717) is 0 Å². The van der Waals surface area contributed by atoms with Crippen LogP contribution in [0, 0.1) is 0 Å². The molecule has 0 N–H and O–H groups in total. The Bertz CT molecular complexity index is 1950. The second-order valence-corrected chi connectivity index (χ2v) is 9.80. The van der Waals surface area contributed by atoms with Crippen LogP contribution in [0.1, 0.15) is 22.3 Å². The van der Waals surface area contributed by atoms with E-state index < -0.39 is 0 Å². The predicted octanol–water partition coefficient (Wildman–Crippen LogP) is 10.6. The van der Waals surface area contributed by atoms with E-state index in [-0.39, 0.29) is 0 Å². The Labute approximate surface area is 222 Å². The minimum absolute atomic E-state index is 1.19. The van der Waals surface area contributed by atoms with E-state index in [0.717, 1.165) is 0 Å². The lowest BCUT2D eigenvalue weighted by molar-refractivity contribution is 1.62. The monoisotopic (exact) mass is 482 g/mol. The summed E-state index contributed by atoms with van der Waals surface area (Å²) in [6.07, 6.45) is 8.93. The minimum atomic E-state index is 1.19. The van der Waals surface area contributed by atoms with Gasteiger partial charge >= 0.3 is 0 Å². The highest BCUT2D eigenvalue weighted by Gasteiger charge is 2.06. The van der Waals surface area contributed by atoms with Gasteiger partial charge in [0, 0.05) is 0 Å². The fourth-order valence-electron chi connectivity index (χ4n) is 5.53. The van der Waals surface area contributed by atoms with Gasteiger partial charge in [-0.25, -0.2) is 0 Å². The Balaban J connectivity index is 1.21. The molecule has 0 unspecified atom stereocenters. The standard InChI is InChI=1S/C38H26/c1-4-12-33-31(11-1)26-32(36-15-7-8-16-37(33)36)23-21-27-17-19-28(20-18-27)22-24-38-34-13-5-2-9-29(34)25-30-10-3-6-14-35(30)38/h1-26H/b23-21+,24-22+. The second kappa shape index (κ2) is 9.50. The Morgan fingerprint density at radius 3 is 1.37 bits per heavy atom. The van der Waals surface area contributed by atoms with Crippen molar-refractivity contribution in [2.45, 2.75) is 0 Å². The third-order valence-corrected chi connectivity index (χ3v) is 7.45. The molecule has 38 heavy (non-hydrogen) atoms. The second-order valence-electron chi connectivity index (χ2n) is 9.80. The molecule has 0 aliphatic carbocycles. The molecule has 0 saturated carbocycles. The summed E-state index contributed by atoms with van der Waals surface area (Å²) >= 11 is 0. The van der Waals surface area contributed by atoms with Crippen molar-refractivity contribution in [1.29, 1.82) is 0 Å². The average molecular weight is 483 g/mol. The largest absolute Gasteiger partial charge is 0.0616 e. The lowest BCUT2D eigenvalue weighted by atomic mass is 9.96. The molecule has 0 aliphatic rings. The smallest absolute Gasteiger partial charge is 0.00992 e. The van der Waals surface area contributed by atoms with Crippen molar-refractivity contribution in [1.82, 2.24) is 0 Å². The minimum Gasteiger partial charge on any atom is -0.0616 e. The molecule has 0 amide bonds. The lowest BCUT2D eigenvalue weighted by Crippen LogP contribution is -1.83. The number of benzene rings is 7. The van der Waals surface area contributed by atoms with Crippen LogP contribution in [-0.4, -0.2) is 0 Å². The number of hydrogen-bond donors (Lipinski definition) is 0. The van der Waals surface area contributed by atoms with E-state index in [1.54, 1.807) is 0 Å². The van der Waals surface area contributed by atoms with Crippen LogP contribution in [0.25, 0.3) is 67.4 Å². The average Bonchev–Trinajstić information content (AvgIpc) is 2.98. The molecule has 7 aromatic rings. The SMILES string of the molecule is C(=C\c1c2ccccc2cc2ccccc12)/c1ccc(/C=C/c2cc3ccccc3c3ccccc23)cc1. The van der Waals surface area contributed by atoms with E-state index in [2.05, 4.69) is 158 Å². The quantitative estimate of drug-likeness (QED) is 0.133. The summed E-state index contributed by atoms with van der Waals surface area (Å²) in [7, 11) is 0. The summed E-state index contributed by atoms with van der Waals surface area (Å²) in [5.41, 5.74) is 4.89. The molecule has 0 fully saturated rings. The molecule has 0 bridgehead atoms. The van der Waals surface area contributed by atoms with Crippen LogP contribution in [0.4, 0.5) is 0 Å². The van der Waals surface area contributed by atoms with Gasteiger partial charge in [0.25, 0.3) is 0 Å². The Kier molecular flexibility index (Phi) is 5.57.